The highest BCUT2D eigenvalue weighted by Gasteiger charge is 2.16. The Hall–Kier alpha value is -5.92. The Kier molecular flexibility index (Phi) is 5.89. The molecule has 0 saturated heterocycles. The predicted molar refractivity (Wildman–Crippen MR) is 190 cm³/mol. The fourth-order valence-corrected chi connectivity index (χ4v) is 6.76. The Bertz CT molecular complexity index is 2520. The van der Waals surface area contributed by atoms with Crippen LogP contribution < -0.4 is 0 Å². The van der Waals surface area contributed by atoms with Crippen LogP contribution in [0.5, 0.6) is 0 Å². The van der Waals surface area contributed by atoms with Gasteiger partial charge in [0.25, 0.3) is 0 Å². The molecule has 0 atom stereocenters. The zero-order valence-corrected chi connectivity index (χ0v) is 24.6. The van der Waals surface area contributed by atoms with Crippen molar-refractivity contribution >= 4 is 43.5 Å². The maximum absolute atomic E-state index is 6.70. The second kappa shape index (κ2) is 10.4. The first-order valence-electron chi connectivity index (χ1n) is 15.4. The van der Waals surface area contributed by atoms with Gasteiger partial charge in [0.2, 0.25) is 0 Å². The van der Waals surface area contributed by atoms with Gasteiger partial charge in [0, 0.05) is 16.2 Å². The third kappa shape index (κ3) is 4.41. The summed E-state index contributed by atoms with van der Waals surface area (Å²) >= 11 is 0. The molecule has 0 N–H and O–H groups in total. The van der Waals surface area contributed by atoms with Crippen molar-refractivity contribution in [2.24, 2.45) is 0 Å². The summed E-state index contributed by atoms with van der Waals surface area (Å²) in [6.45, 7) is 0. The van der Waals surface area contributed by atoms with Crippen LogP contribution >= 0.6 is 0 Å². The summed E-state index contributed by atoms with van der Waals surface area (Å²) in [6, 6.07) is 61.0. The first kappa shape index (κ1) is 25.6. The summed E-state index contributed by atoms with van der Waals surface area (Å²) in [6.07, 6.45) is 0. The molecular weight excluding hydrogens is 544 g/mol. The minimum absolute atomic E-state index is 0.898. The Labute approximate surface area is 261 Å². The van der Waals surface area contributed by atoms with Gasteiger partial charge in [0.15, 0.2) is 0 Å². The molecule has 0 radical (unpaired) electrons. The van der Waals surface area contributed by atoms with E-state index < -0.39 is 0 Å². The van der Waals surface area contributed by atoms with Crippen LogP contribution in [0.4, 0.5) is 0 Å². The van der Waals surface area contributed by atoms with Gasteiger partial charge in [-0.3, -0.25) is 0 Å². The topological polar surface area (TPSA) is 13.1 Å². The van der Waals surface area contributed by atoms with Crippen LogP contribution in [0.2, 0.25) is 0 Å². The maximum atomic E-state index is 6.70. The van der Waals surface area contributed by atoms with Crippen molar-refractivity contribution in [3.05, 3.63) is 170 Å². The smallest absolute Gasteiger partial charge is 0.143 e. The fourth-order valence-electron chi connectivity index (χ4n) is 6.76. The number of fused-ring (bicyclic) bond motifs is 6. The standard InChI is InChI=1S/C44H28O/c1-3-11-29(12-4-1)35-24-36(33-20-19-30-13-7-8-16-32(30)23-33)26-37(25-35)34-21-22-39-42-28-41(31-14-5-2-6-15-31)38-17-9-10-18-40(38)44(42)45-43(39)27-34/h1-28H. The molecule has 0 aliphatic rings. The molecular formula is C44H28O. The van der Waals surface area contributed by atoms with E-state index in [0.29, 0.717) is 0 Å². The average molecular weight is 573 g/mol. The van der Waals surface area contributed by atoms with Gasteiger partial charge in [-0.05, 0) is 103 Å². The first-order valence-corrected chi connectivity index (χ1v) is 15.4. The maximum Gasteiger partial charge on any atom is 0.143 e. The quantitative estimate of drug-likeness (QED) is 0.204. The van der Waals surface area contributed by atoms with Crippen LogP contribution in [0.15, 0.2) is 174 Å². The van der Waals surface area contributed by atoms with E-state index in [1.807, 2.05) is 0 Å². The normalized spacial score (nSPS) is 11.6. The molecule has 1 aromatic heterocycles. The number of benzene rings is 8. The van der Waals surface area contributed by atoms with E-state index in [-0.39, 0.29) is 0 Å². The molecule has 8 aromatic carbocycles. The van der Waals surface area contributed by atoms with Gasteiger partial charge in [-0.1, -0.05) is 127 Å². The molecule has 0 fully saturated rings. The largest absolute Gasteiger partial charge is 0.455 e. The molecule has 1 heterocycles. The summed E-state index contributed by atoms with van der Waals surface area (Å²) in [4.78, 5) is 0. The molecule has 0 aliphatic heterocycles. The third-order valence-corrected chi connectivity index (χ3v) is 9.02. The molecule has 0 saturated carbocycles. The van der Waals surface area contributed by atoms with Crippen molar-refractivity contribution in [3.63, 3.8) is 0 Å². The Balaban J connectivity index is 1.24. The SMILES string of the molecule is c1ccc(-c2cc(-c3ccc4ccccc4c3)cc(-c3ccc4c(c3)oc3c5ccccc5c(-c5ccccc5)cc43)c2)cc1. The van der Waals surface area contributed by atoms with Crippen molar-refractivity contribution in [1.29, 1.82) is 0 Å². The molecule has 210 valence electrons. The highest BCUT2D eigenvalue weighted by Crippen LogP contribution is 2.41. The summed E-state index contributed by atoms with van der Waals surface area (Å²) in [7, 11) is 0. The number of hydrogen-bond donors (Lipinski definition) is 0. The van der Waals surface area contributed by atoms with E-state index in [0.717, 1.165) is 38.5 Å². The predicted octanol–water partition coefficient (Wildman–Crippen LogP) is 12.6. The lowest BCUT2D eigenvalue weighted by atomic mass is 9.92. The highest BCUT2D eigenvalue weighted by atomic mass is 16.3. The van der Waals surface area contributed by atoms with Gasteiger partial charge in [0.05, 0.1) is 0 Å². The van der Waals surface area contributed by atoms with Gasteiger partial charge in [-0.15, -0.1) is 0 Å². The Morgan fingerprint density at radius 1 is 0.289 bits per heavy atom. The molecule has 0 spiro atoms. The minimum Gasteiger partial charge on any atom is -0.455 e. The zero-order chi connectivity index (χ0) is 29.7. The van der Waals surface area contributed by atoms with Gasteiger partial charge in [0.1, 0.15) is 11.2 Å². The summed E-state index contributed by atoms with van der Waals surface area (Å²) < 4.78 is 6.70. The van der Waals surface area contributed by atoms with Crippen LogP contribution in [0.25, 0.3) is 88.0 Å². The second-order valence-corrected chi connectivity index (χ2v) is 11.8. The highest BCUT2D eigenvalue weighted by molar-refractivity contribution is 6.19. The van der Waals surface area contributed by atoms with Crippen LogP contribution in [0.1, 0.15) is 0 Å². The molecule has 0 bridgehead atoms. The lowest BCUT2D eigenvalue weighted by molar-refractivity contribution is 0.673. The van der Waals surface area contributed by atoms with E-state index >= 15 is 0 Å². The monoisotopic (exact) mass is 572 g/mol. The van der Waals surface area contributed by atoms with Gasteiger partial charge in [-0.2, -0.15) is 0 Å². The Morgan fingerprint density at radius 3 is 1.62 bits per heavy atom. The molecule has 9 aromatic rings. The van der Waals surface area contributed by atoms with E-state index in [4.69, 9.17) is 4.42 Å². The van der Waals surface area contributed by atoms with Crippen LogP contribution in [-0.4, -0.2) is 0 Å². The molecule has 0 unspecified atom stereocenters. The van der Waals surface area contributed by atoms with Crippen molar-refractivity contribution in [3.8, 4) is 44.5 Å². The van der Waals surface area contributed by atoms with Crippen molar-refractivity contribution in [2.75, 3.05) is 0 Å². The van der Waals surface area contributed by atoms with Crippen LogP contribution in [0.3, 0.4) is 0 Å². The third-order valence-electron chi connectivity index (χ3n) is 9.02. The van der Waals surface area contributed by atoms with Crippen LogP contribution in [0, 0.1) is 0 Å². The first-order chi connectivity index (χ1) is 22.3. The van der Waals surface area contributed by atoms with Gasteiger partial charge >= 0.3 is 0 Å². The van der Waals surface area contributed by atoms with Crippen molar-refractivity contribution in [1.82, 2.24) is 0 Å². The van der Waals surface area contributed by atoms with Crippen molar-refractivity contribution in [2.45, 2.75) is 0 Å². The molecule has 45 heavy (non-hydrogen) atoms. The number of hydrogen-bond acceptors (Lipinski definition) is 1. The zero-order valence-electron chi connectivity index (χ0n) is 24.6. The van der Waals surface area contributed by atoms with E-state index in [1.54, 1.807) is 0 Å². The van der Waals surface area contributed by atoms with Crippen LogP contribution in [-0.2, 0) is 0 Å². The summed E-state index contributed by atoms with van der Waals surface area (Å²) in [5, 5.41) is 7.10. The lowest BCUT2D eigenvalue weighted by Crippen LogP contribution is -1.86. The molecule has 1 heteroatoms. The number of rotatable bonds is 4. The number of furan rings is 1. The fraction of sp³-hybridized carbons (Fsp3) is 0. The molecule has 9 rings (SSSR count). The minimum atomic E-state index is 0.898. The molecule has 0 amide bonds. The summed E-state index contributed by atoms with van der Waals surface area (Å²) in [5.41, 5.74) is 11.4. The van der Waals surface area contributed by atoms with Gasteiger partial charge in [-0.25, -0.2) is 0 Å². The van der Waals surface area contributed by atoms with E-state index in [9.17, 15) is 0 Å². The lowest BCUT2D eigenvalue weighted by Gasteiger charge is -2.12. The molecule has 1 nitrogen and oxygen atoms in total. The van der Waals surface area contributed by atoms with Gasteiger partial charge < -0.3 is 4.42 Å². The van der Waals surface area contributed by atoms with E-state index in [1.165, 1.54) is 49.5 Å². The average Bonchev–Trinajstić information content (AvgIpc) is 3.50. The summed E-state index contributed by atoms with van der Waals surface area (Å²) in [5.74, 6) is 0. The molecule has 0 aliphatic carbocycles. The Morgan fingerprint density at radius 2 is 0.867 bits per heavy atom. The van der Waals surface area contributed by atoms with E-state index in [2.05, 4.69) is 170 Å². The second-order valence-electron chi connectivity index (χ2n) is 11.8. The van der Waals surface area contributed by atoms with Crippen molar-refractivity contribution < 1.29 is 4.42 Å².